The van der Waals surface area contributed by atoms with Crippen molar-refractivity contribution in [1.29, 1.82) is 0 Å². The summed E-state index contributed by atoms with van der Waals surface area (Å²) in [6.07, 6.45) is 7.83. The number of hydrogen-bond donors (Lipinski definition) is 1. The van der Waals surface area contributed by atoms with Crippen LogP contribution in [0.5, 0.6) is 0 Å². The normalized spacial score (nSPS) is 11.4. The molecule has 4 heterocycles. The van der Waals surface area contributed by atoms with Gasteiger partial charge in [-0.3, -0.25) is 0 Å². The van der Waals surface area contributed by atoms with Gasteiger partial charge in [0.15, 0.2) is 11.3 Å². The molecule has 0 amide bonds. The molecule has 0 spiro atoms. The standard InChI is InChI=1S/C10H6N8S/c19-10-7-9(13-3-14-10)18(5-16-7)17-4-15-6-1-11-2-12-8(6)17/h1-5H,(H,13,14,19). The molecule has 0 radical (unpaired) electrons. The molecular weight excluding hydrogens is 264 g/mol. The summed E-state index contributed by atoms with van der Waals surface area (Å²) >= 11 is 4.26. The molecular formula is C10H6N8S. The maximum Gasteiger partial charge on any atom is 0.183 e. The van der Waals surface area contributed by atoms with Crippen LogP contribution < -0.4 is 0 Å². The Bertz CT molecular complexity index is 895. The van der Waals surface area contributed by atoms with Gasteiger partial charge in [-0.1, -0.05) is 0 Å². The van der Waals surface area contributed by atoms with Gasteiger partial charge in [0, 0.05) is 0 Å². The van der Waals surface area contributed by atoms with E-state index in [0.717, 1.165) is 0 Å². The first-order chi connectivity index (χ1) is 9.34. The van der Waals surface area contributed by atoms with Crippen molar-refractivity contribution in [3.63, 3.8) is 0 Å². The molecule has 0 aliphatic heterocycles. The zero-order valence-corrected chi connectivity index (χ0v) is 10.3. The predicted octanol–water partition coefficient (Wildman–Crippen LogP) is 0.566. The molecule has 0 aliphatic carbocycles. The van der Waals surface area contributed by atoms with Crippen LogP contribution in [0.25, 0.3) is 22.3 Å². The topological polar surface area (TPSA) is 87.2 Å². The number of hydrogen-bond acceptors (Lipinski definition) is 7. The van der Waals surface area contributed by atoms with E-state index < -0.39 is 0 Å². The van der Waals surface area contributed by atoms with Gasteiger partial charge < -0.3 is 0 Å². The summed E-state index contributed by atoms with van der Waals surface area (Å²) in [5.74, 6) is 0. The van der Waals surface area contributed by atoms with E-state index in [0.29, 0.717) is 27.4 Å². The second-order valence-corrected chi connectivity index (χ2v) is 4.20. The van der Waals surface area contributed by atoms with Gasteiger partial charge in [-0.15, -0.1) is 12.6 Å². The Balaban J connectivity index is 2.07. The van der Waals surface area contributed by atoms with Crippen LogP contribution in [0, 0.1) is 0 Å². The fraction of sp³-hybridized carbons (Fsp3) is 0. The van der Waals surface area contributed by atoms with Gasteiger partial charge in [-0.2, -0.15) is 0 Å². The van der Waals surface area contributed by atoms with Gasteiger partial charge in [-0.05, 0) is 0 Å². The maximum absolute atomic E-state index is 4.26. The number of imidazole rings is 2. The quantitative estimate of drug-likeness (QED) is 0.402. The van der Waals surface area contributed by atoms with Crippen molar-refractivity contribution in [1.82, 2.24) is 39.3 Å². The predicted molar refractivity (Wildman–Crippen MR) is 68.7 cm³/mol. The average Bonchev–Trinajstić information content (AvgIpc) is 3.02. The molecule has 92 valence electrons. The van der Waals surface area contributed by atoms with Crippen molar-refractivity contribution < 1.29 is 0 Å². The van der Waals surface area contributed by atoms with Crippen LogP contribution >= 0.6 is 12.6 Å². The van der Waals surface area contributed by atoms with Crippen molar-refractivity contribution in [2.24, 2.45) is 0 Å². The third kappa shape index (κ3) is 1.41. The van der Waals surface area contributed by atoms with Crippen molar-refractivity contribution in [2.45, 2.75) is 5.03 Å². The second kappa shape index (κ2) is 3.72. The van der Waals surface area contributed by atoms with Gasteiger partial charge >= 0.3 is 0 Å². The summed E-state index contributed by atoms with van der Waals surface area (Å²) in [6, 6.07) is 0. The fourth-order valence-corrected chi connectivity index (χ4v) is 2.09. The molecule has 0 N–H and O–H groups in total. The van der Waals surface area contributed by atoms with Crippen LogP contribution in [0.4, 0.5) is 0 Å². The summed E-state index contributed by atoms with van der Waals surface area (Å²) < 4.78 is 3.48. The number of nitrogens with zero attached hydrogens (tertiary/aromatic N) is 8. The minimum Gasteiger partial charge on any atom is -0.242 e. The second-order valence-electron chi connectivity index (χ2n) is 3.78. The lowest BCUT2D eigenvalue weighted by Gasteiger charge is -2.04. The summed E-state index contributed by atoms with van der Waals surface area (Å²) in [4.78, 5) is 24.8. The van der Waals surface area contributed by atoms with Gasteiger partial charge in [-0.25, -0.2) is 39.3 Å². The lowest BCUT2D eigenvalue weighted by atomic mass is 10.5. The van der Waals surface area contributed by atoms with E-state index in [2.05, 4.69) is 42.5 Å². The summed E-state index contributed by atoms with van der Waals surface area (Å²) in [5, 5.41) is 0.530. The Labute approximate surface area is 111 Å². The van der Waals surface area contributed by atoms with Crippen LogP contribution in [-0.2, 0) is 0 Å². The molecule has 4 rings (SSSR count). The van der Waals surface area contributed by atoms with Crippen LogP contribution in [0.15, 0.2) is 36.5 Å². The summed E-state index contributed by atoms with van der Waals surface area (Å²) in [7, 11) is 0. The van der Waals surface area contributed by atoms with Crippen molar-refractivity contribution in [3.05, 3.63) is 31.5 Å². The van der Waals surface area contributed by atoms with E-state index in [4.69, 9.17) is 0 Å². The Morgan fingerprint density at radius 2 is 1.63 bits per heavy atom. The number of rotatable bonds is 1. The number of aromatic nitrogens is 8. The van der Waals surface area contributed by atoms with Gasteiger partial charge in [0.2, 0.25) is 0 Å². The highest BCUT2D eigenvalue weighted by atomic mass is 32.1. The first-order valence-electron chi connectivity index (χ1n) is 5.35. The Morgan fingerprint density at radius 3 is 2.58 bits per heavy atom. The molecule has 0 bridgehead atoms. The maximum atomic E-state index is 4.26. The van der Waals surface area contributed by atoms with E-state index in [9.17, 15) is 0 Å². The first-order valence-corrected chi connectivity index (χ1v) is 5.80. The van der Waals surface area contributed by atoms with Crippen LogP contribution in [-0.4, -0.2) is 39.3 Å². The Hall–Kier alpha value is -2.55. The molecule has 4 aromatic rings. The zero-order valence-electron chi connectivity index (χ0n) is 9.41. The fourth-order valence-electron chi connectivity index (χ4n) is 1.88. The van der Waals surface area contributed by atoms with Gasteiger partial charge in [0.25, 0.3) is 0 Å². The zero-order chi connectivity index (χ0) is 12.8. The number of thiol groups is 1. The van der Waals surface area contributed by atoms with E-state index in [1.54, 1.807) is 28.2 Å². The third-order valence-corrected chi connectivity index (χ3v) is 3.05. The number of fused-ring (bicyclic) bond motifs is 2. The SMILES string of the molecule is Sc1ncnc2c1ncn2-n1cnc2cncnc21. The first kappa shape index (κ1) is 10.4. The van der Waals surface area contributed by atoms with E-state index in [-0.39, 0.29) is 0 Å². The van der Waals surface area contributed by atoms with E-state index in [1.807, 2.05) is 0 Å². The monoisotopic (exact) mass is 270 g/mol. The molecule has 0 fully saturated rings. The van der Waals surface area contributed by atoms with Gasteiger partial charge in [0.1, 0.15) is 41.4 Å². The van der Waals surface area contributed by atoms with E-state index >= 15 is 0 Å². The highest BCUT2D eigenvalue weighted by Crippen LogP contribution is 2.17. The largest absolute Gasteiger partial charge is 0.242 e. The molecule has 0 aliphatic rings. The minimum atomic E-state index is 0.530. The van der Waals surface area contributed by atoms with Crippen LogP contribution in [0.2, 0.25) is 0 Å². The molecule has 0 unspecified atom stereocenters. The highest BCUT2D eigenvalue weighted by Gasteiger charge is 2.11. The third-order valence-electron chi connectivity index (χ3n) is 2.72. The van der Waals surface area contributed by atoms with Crippen LogP contribution in [0.1, 0.15) is 0 Å². The van der Waals surface area contributed by atoms with Crippen LogP contribution in [0.3, 0.4) is 0 Å². The Kier molecular flexibility index (Phi) is 2.03. The summed E-state index contributed by atoms with van der Waals surface area (Å²) in [6.45, 7) is 0. The molecule has 0 saturated heterocycles. The van der Waals surface area contributed by atoms with Gasteiger partial charge in [0.05, 0.1) is 6.20 Å². The van der Waals surface area contributed by atoms with E-state index in [1.165, 1.54) is 12.7 Å². The molecule has 9 heteroatoms. The smallest absolute Gasteiger partial charge is 0.183 e. The lowest BCUT2D eigenvalue weighted by Crippen LogP contribution is -2.08. The minimum absolute atomic E-state index is 0.530. The molecule has 4 aromatic heterocycles. The van der Waals surface area contributed by atoms with Crippen molar-refractivity contribution in [2.75, 3.05) is 0 Å². The van der Waals surface area contributed by atoms with Crippen molar-refractivity contribution >= 4 is 35.0 Å². The highest BCUT2D eigenvalue weighted by molar-refractivity contribution is 7.80. The lowest BCUT2D eigenvalue weighted by molar-refractivity contribution is 0.687. The Morgan fingerprint density at radius 1 is 0.842 bits per heavy atom. The molecule has 8 nitrogen and oxygen atoms in total. The molecule has 19 heavy (non-hydrogen) atoms. The molecule has 0 saturated carbocycles. The molecule has 0 aromatic carbocycles. The summed E-state index contributed by atoms with van der Waals surface area (Å²) in [5.41, 5.74) is 2.64. The molecule has 0 atom stereocenters. The van der Waals surface area contributed by atoms with Crippen molar-refractivity contribution in [3.8, 4) is 0 Å². The average molecular weight is 270 g/mol.